The van der Waals surface area contributed by atoms with Crippen LogP contribution in [0.15, 0.2) is 24.3 Å². The first-order valence-electron chi connectivity index (χ1n) is 4.19. The molecule has 56 valence electrons. The molecule has 0 heterocycles. The van der Waals surface area contributed by atoms with Gasteiger partial charge in [-0.15, -0.1) is 0 Å². The predicted octanol–water partition coefficient (Wildman–Crippen LogP) is 1.43. The normalized spacial score (nSPS) is 14.5. The third-order valence-electron chi connectivity index (χ3n) is 2.34. The van der Waals surface area contributed by atoms with Crippen molar-refractivity contribution in [3.05, 3.63) is 34.7 Å². The Hall–Kier alpha value is -1.04. The molecule has 0 fully saturated rings. The van der Waals surface area contributed by atoms with Gasteiger partial charge in [-0.2, -0.15) is 0 Å². The molecule has 2 rings (SSSR count). The predicted molar refractivity (Wildman–Crippen MR) is 48.5 cm³/mol. The van der Waals surface area contributed by atoms with E-state index in [0.29, 0.717) is 0 Å². The molecule has 0 aliphatic heterocycles. The summed E-state index contributed by atoms with van der Waals surface area (Å²) in [6, 6.07) is 8.64. The Kier molecular flexibility index (Phi) is 1.54. The Morgan fingerprint density at radius 1 is 1.27 bits per heavy atom. The molecule has 1 aliphatic carbocycles. The molecule has 0 saturated heterocycles. The van der Waals surface area contributed by atoms with Crippen LogP contribution in [0, 0.1) is 0 Å². The van der Waals surface area contributed by atoms with Gasteiger partial charge in [0.2, 0.25) is 0 Å². The lowest BCUT2D eigenvalue weighted by molar-refractivity contribution is 1.18. The fourth-order valence-corrected chi connectivity index (χ4v) is 1.67. The molecule has 0 nitrogen and oxygen atoms in total. The van der Waals surface area contributed by atoms with Gasteiger partial charge in [-0.3, -0.25) is 0 Å². The number of hydrogen-bond donors (Lipinski definition) is 0. The van der Waals surface area contributed by atoms with Crippen LogP contribution in [0.5, 0.6) is 0 Å². The van der Waals surface area contributed by atoms with Crippen molar-refractivity contribution < 1.29 is 0 Å². The third kappa shape index (κ3) is 0.988. The van der Waals surface area contributed by atoms with Crippen LogP contribution in [0.25, 0.3) is 11.6 Å². The molecule has 1 aromatic rings. The zero-order valence-corrected chi connectivity index (χ0v) is 6.80. The topological polar surface area (TPSA) is 0 Å². The average molecular weight is 144 g/mol. The zero-order valence-electron chi connectivity index (χ0n) is 6.80. The van der Waals surface area contributed by atoms with Crippen molar-refractivity contribution >= 4 is 11.6 Å². The van der Waals surface area contributed by atoms with Gasteiger partial charge < -0.3 is 0 Å². The molecule has 0 saturated carbocycles. The van der Waals surface area contributed by atoms with Gasteiger partial charge in [0.15, 0.2) is 0 Å². The van der Waals surface area contributed by atoms with Crippen LogP contribution < -0.4 is 10.4 Å². The van der Waals surface area contributed by atoms with Crippen molar-refractivity contribution in [3.63, 3.8) is 0 Å². The van der Waals surface area contributed by atoms with Crippen LogP contribution in [-0.4, -0.2) is 0 Å². The number of hydrogen-bond acceptors (Lipinski definition) is 0. The summed E-state index contributed by atoms with van der Waals surface area (Å²) in [4.78, 5) is 0. The maximum atomic E-state index is 2.31. The summed E-state index contributed by atoms with van der Waals surface area (Å²) in [6.45, 7) is 2.23. The summed E-state index contributed by atoms with van der Waals surface area (Å²) in [7, 11) is 0. The number of fused-ring (bicyclic) bond motifs is 1. The van der Waals surface area contributed by atoms with Gasteiger partial charge in [0, 0.05) is 0 Å². The summed E-state index contributed by atoms with van der Waals surface area (Å²) in [5.74, 6) is 0. The first-order chi connectivity index (χ1) is 5.42. The molecule has 1 aromatic carbocycles. The third-order valence-corrected chi connectivity index (χ3v) is 2.34. The first-order valence-corrected chi connectivity index (χ1v) is 4.19. The molecule has 0 unspecified atom stereocenters. The largest absolute Gasteiger partial charge is 0.0726 e. The quantitative estimate of drug-likeness (QED) is 0.559. The average Bonchev–Trinajstić information content (AvgIpc) is 2.47. The van der Waals surface area contributed by atoms with Crippen molar-refractivity contribution in [2.45, 2.75) is 19.8 Å². The van der Waals surface area contributed by atoms with Crippen molar-refractivity contribution in [1.82, 2.24) is 0 Å². The van der Waals surface area contributed by atoms with Crippen LogP contribution >= 0.6 is 0 Å². The van der Waals surface area contributed by atoms with Gasteiger partial charge in [-0.05, 0) is 23.3 Å². The number of rotatable bonds is 1. The van der Waals surface area contributed by atoms with E-state index in [-0.39, 0.29) is 0 Å². The van der Waals surface area contributed by atoms with E-state index in [0.717, 1.165) is 6.42 Å². The van der Waals surface area contributed by atoms with Crippen LogP contribution in [0.1, 0.15) is 19.8 Å². The van der Waals surface area contributed by atoms with E-state index in [4.69, 9.17) is 0 Å². The lowest BCUT2D eigenvalue weighted by Gasteiger charge is -1.92. The minimum atomic E-state index is 1.16. The molecule has 0 heteroatoms. The summed E-state index contributed by atoms with van der Waals surface area (Å²) in [5, 5.41) is 2.89. The van der Waals surface area contributed by atoms with Gasteiger partial charge in [0.1, 0.15) is 0 Å². The molecule has 0 amide bonds. The second-order valence-corrected chi connectivity index (χ2v) is 2.95. The highest BCUT2D eigenvalue weighted by molar-refractivity contribution is 5.58. The molecule has 0 spiro atoms. The second kappa shape index (κ2) is 2.54. The highest BCUT2D eigenvalue weighted by Crippen LogP contribution is 2.08. The van der Waals surface area contributed by atoms with Gasteiger partial charge in [-0.25, -0.2) is 0 Å². The van der Waals surface area contributed by atoms with E-state index in [9.17, 15) is 0 Å². The van der Waals surface area contributed by atoms with E-state index < -0.39 is 0 Å². The second-order valence-electron chi connectivity index (χ2n) is 2.95. The van der Waals surface area contributed by atoms with Crippen molar-refractivity contribution in [1.29, 1.82) is 0 Å². The van der Waals surface area contributed by atoms with Crippen molar-refractivity contribution in [2.75, 3.05) is 0 Å². The van der Waals surface area contributed by atoms with E-state index in [1.165, 1.54) is 16.9 Å². The minimum Gasteiger partial charge on any atom is -0.0726 e. The zero-order chi connectivity index (χ0) is 7.68. The Morgan fingerprint density at radius 3 is 2.91 bits per heavy atom. The highest BCUT2D eigenvalue weighted by Gasteiger charge is 2.00. The van der Waals surface area contributed by atoms with E-state index in [2.05, 4.69) is 37.3 Å². The Labute approximate surface area is 66.9 Å². The fourth-order valence-electron chi connectivity index (χ4n) is 1.67. The van der Waals surface area contributed by atoms with Gasteiger partial charge in [0.25, 0.3) is 0 Å². The lowest BCUT2D eigenvalue weighted by atomic mass is 10.1. The Morgan fingerprint density at radius 2 is 2.09 bits per heavy atom. The first kappa shape index (κ1) is 6.66. The molecule has 0 atom stereocenters. The highest BCUT2D eigenvalue weighted by atomic mass is 14.0. The van der Waals surface area contributed by atoms with Crippen molar-refractivity contribution in [2.24, 2.45) is 0 Å². The molecule has 0 bridgehead atoms. The minimum absolute atomic E-state index is 1.16. The Bertz CT molecular complexity index is 371. The maximum absolute atomic E-state index is 2.31. The molecular formula is C11H12. The van der Waals surface area contributed by atoms with Gasteiger partial charge in [0.05, 0.1) is 0 Å². The van der Waals surface area contributed by atoms with Crippen LogP contribution in [0.4, 0.5) is 0 Å². The molecule has 1 aliphatic rings. The Balaban J connectivity index is 2.79. The number of benzene rings is 1. The SMILES string of the molecule is CCC1=c2ccccc2=CC1. The molecule has 11 heavy (non-hydrogen) atoms. The van der Waals surface area contributed by atoms with E-state index >= 15 is 0 Å². The standard InChI is InChI=1S/C11H12/c1-2-9-7-8-10-5-3-4-6-11(9)10/h3-6,8H,2,7H2,1H3. The van der Waals surface area contributed by atoms with Crippen LogP contribution in [0.2, 0.25) is 0 Å². The summed E-state index contributed by atoms with van der Waals surface area (Å²) in [6.07, 6.45) is 4.66. The smallest absolute Gasteiger partial charge is 0.0120 e. The van der Waals surface area contributed by atoms with Crippen LogP contribution in [-0.2, 0) is 0 Å². The van der Waals surface area contributed by atoms with Gasteiger partial charge >= 0.3 is 0 Å². The van der Waals surface area contributed by atoms with E-state index in [1.807, 2.05) is 0 Å². The van der Waals surface area contributed by atoms with Crippen LogP contribution in [0.3, 0.4) is 0 Å². The molecular weight excluding hydrogens is 132 g/mol. The summed E-state index contributed by atoms with van der Waals surface area (Å²) < 4.78 is 0. The van der Waals surface area contributed by atoms with E-state index in [1.54, 1.807) is 5.57 Å². The van der Waals surface area contributed by atoms with Crippen molar-refractivity contribution in [3.8, 4) is 0 Å². The summed E-state index contributed by atoms with van der Waals surface area (Å²) >= 11 is 0. The monoisotopic (exact) mass is 144 g/mol. The fraction of sp³-hybridized carbons (Fsp3) is 0.273. The maximum Gasteiger partial charge on any atom is -0.0120 e. The molecule has 0 aromatic heterocycles. The molecule has 0 N–H and O–H groups in total. The lowest BCUT2D eigenvalue weighted by Crippen LogP contribution is -2.21. The molecule has 0 radical (unpaired) electrons. The van der Waals surface area contributed by atoms with Gasteiger partial charge in [-0.1, -0.05) is 42.8 Å². The summed E-state index contributed by atoms with van der Waals surface area (Å²) in [5.41, 5.74) is 1.58.